The van der Waals surface area contributed by atoms with Crippen molar-refractivity contribution in [2.45, 2.75) is 82.0 Å². The Labute approximate surface area is 127 Å². The lowest BCUT2D eigenvalue weighted by Gasteiger charge is -2.32. The van der Waals surface area contributed by atoms with Crippen LogP contribution in [0.25, 0.3) is 0 Å². The van der Waals surface area contributed by atoms with Crippen molar-refractivity contribution in [3.8, 4) is 0 Å². The van der Waals surface area contributed by atoms with Crippen LogP contribution < -0.4 is 10.6 Å². The molecule has 0 aromatic carbocycles. The van der Waals surface area contributed by atoms with E-state index in [1.54, 1.807) is 7.11 Å². The van der Waals surface area contributed by atoms with Crippen LogP contribution in [-0.4, -0.2) is 42.5 Å². The van der Waals surface area contributed by atoms with E-state index in [0.717, 1.165) is 51.4 Å². The molecule has 21 heavy (non-hydrogen) atoms. The first kappa shape index (κ1) is 16.6. The highest BCUT2D eigenvalue weighted by atomic mass is 16.5. The van der Waals surface area contributed by atoms with Gasteiger partial charge in [-0.1, -0.05) is 38.5 Å². The Bertz CT molecular complexity index is 327. The van der Waals surface area contributed by atoms with E-state index in [9.17, 15) is 9.90 Å². The van der Waals surface area contributed by atoms with Crippen molar-refractivity contribution < 1.29 is 14.6 Å². The first-order chi connectivity index (χ1) is 10.1. The highest BCUT2D eigenvalue weighted by Gasteiger charge is 2.30. The Morgan fingerprint density at radius 3 is 2.48 bits per heavy atom. The summed E-state index contributed by atoms with van der Waals surface area (Å²) in [5.74, 6) is 0. The Morgan fingerprint density at radius 2 is 1.81 bits per heavy atom. The van der Waals surface area contributed by atoms with Crippen LogP contribution in [0.3, 0.4) is 0 Å². The van der Waals surface area contributed by atoms with Gasteiger partial charge in [-0.2, -0.15) is 0 Å². The quantitative estimate of drug-likeness (QED) is 0.698. The van der Waals surface area contributed by atoms with Crippen LogP contribution in [0.5, 0.6) is 0 Å². The number of methoxy groups -OCH3 is 1. The fraction of sp³-hybridized carbons (Fsp3) is 0.938. The van der Waals surface area contributed by atoms with Crippen molar-refractivity contribution in [1.29, 1.82) is 0 Å². The van der Waals surface area contributed by atoms with Gasteiger partial charge < -0.3 is 20.5 Å². The van der Waals surface area contributed by atoms with Crippen LogP contribution in [0, 0.1) is 0 Å². The maximum Gasteiger partial charge on any atom is 0.315 e. The van der Waals surface area contributed by atoms with Crippen LogP contribution in [0.2, 0.25) is 0 Å². The zero-order valence-electron chi connectivity index (χ0n) is 13.2. The van der Waals surface area contributed by atoms with Crippen LogP contribution in [0.15, 0.2) is 0 Å². The molecule has 5 heteroatoms. The van der Waals surface area contributed by atoms with E-state index in [0.29, 0.717) is 6.54 Å². The van der Waals surface area contributed by atoms with Crippen molar-refractivity contribution in [3.63, 3.8) is 0 Å². The van der Waals surface area contributed by atoms with E-state index >= 15 is 0 Å². The molecule has 0 aliphatic heterocycles. The van der Waals surface area contributed by atoms with Gasteiger partial charge in [0, 0.05) is 13.7 Å². The molecule has 2 rings (SSSR count). The topological polar surface area (TPSA) is 70.6 Å². The minimum absolute atomic E-state index is 0.0903. The zero-order chi connectivity index (χ0) is 15.1. The summed E-state index contributed by atoms with van der Waals surface area (Å²) >= 11 is 0. The van der Waals surface area contributed by atoms with Crippen molar-refractivity contribution in [2.24, 2.45) is 0 Å². The summed E-state index contributed by atoms with van der Waals surface area (Å²) in [6, 6.07) is -0.0888. The monoisotopic (exact) mass is 298 g/mol. The third-order valence-corrected chi connectivity index (χ3v) is 4.93. The SMILES string of the molecule is COC1CCCCC1NC(=O)NCC1(O)CCCCCC1. The summed E-state index contributed by atoms with van der Waals surface area (Å²) in [6.45, 7) is 0.350. The fourth-order valence-electron chi connectivity index (χ4n) is 3.57. The Kier molecular flexibility index (Phi) is 6.30. The van der Waals surface area contributed by atoms with E-state index in [2.05, 4.69) is 10.6 Å². The maximum absolute atomic E-state index is 12.1. The molecule has 0 bridgehead atoms. The molecule has 0 aromatic rings. The number of hydrogen-bond donors (Lipinski definition) is 3. The number of carbonyl (C=O) groups is 1. The summed E-state index contributed by atoms with van der Waals surface area (Å²) in [5.41, 5.74) is -0.721. The predicted octanol–water partition coefficient (Wildman–Crippen LogP) is 2.33. The second-order valence-corrected chi connectivity index (χ2v) is 6.63. The molecule has 2 amide bonds. The minimum atomic E-state index is -0.721. The number of rotatable bonds is 4. The fourth-order valence-corrected chi connectivity index (χ4v) is 3.57. The predicted molar refractivity (Wildman–Crippen MR) is 82.2 cm³/mol. The van der Waals surface area contributed by atoms with Gasteiger partial charge in [-0.25, -0.2) is 4.79 Å². The zero-order valence-corrected chi connectivity index (χ0v) is 13.2. The number of hydrogen-bond acceptors (Lipinski definition) is 3. The molecule has 122 valence electrons. The molecule has 2 unspecified atom stereocenters. The van der Waals surface area contributed by atoms with E-state index in [-0.39, 0.29) is 18.2 Å². The number of urea groups is 1. The van der Waals surface area contributed by atoms with Gasteiger partial charge in [-0.15, -0.1) is 0 Å². The molecule has 2 saturated carbocycles. The van der Waals surface area contributed by atoms with Gasteiger partial charge >= 0.3 is 6.03 Å². The summed E-state index contributed by atoms with van der Waals surface area (Å²) in [7, 11) is 1.71. The lowest BCUT2D eigenvalue weighted by atomic mass is 9.92. The molecule has 0 heterocycles. The summed E-state index contributed by atoms with van der Waals surface area (Å²) < 4.78 is 5.44. The lowest BCUT2D eigenvalue weighted by Crippen LogP contribution is -2.52. The standard InChI is InChI=1S/C16H30N2O3/c1-21-14-9-5-4-8-13(14)18-15(19)17-12-16(20)10-6-2-3-7-11-16/h13-14,20H,2-12H2,1H3,(H2,17,18,19). The molecule has 2 aliphatic carbocycles. The smallest absolute Gasteiger partial charge is 0.315 e. The first-order valence-electron chi connectivity index (χ1n) is 8.42. The average Bonchev–Trinajstić information content (AvgIpc) is 2.71. The molecular formula is C16H30N2O3. The summed E-state index contributed by atoms with van der Waals surface area (Å²) in [5, 5.41) is 16.4. The second-order valence-electron chi connectivity index (χ2n) is 6.63. The molecule has 2 aliphatic rings. The largest absolute Gasteiger partial charge is 0.388 e. The van der Waals surface area contributed by atoms with E-state index in [1.165, 1.54) is 12.8 Å². The third-order valence-electron chi connectivity index (χ3n) is 4.93. The van der Waals surface area contributed by atoms with Crippen molar-refractivity contribution in [2.75, 3.05) is 13.7 Å². The number of ether oxygens (including phenoxy) is 1. The van der Waals surface area contributed by atoms with Crippen molar-refractivity contribution in [3.05, 3.63) is 0 Å². The molecule has 2 atom stereocenters. The Hall–Kier alpha value is -0.810. The van der Waals surface area contributed by atoms with Gasteiger partial charge in [-0.05, 0) is 25.7 Å². The van der Waals surface area contributed by atoms with Gasteiger partial charge in [0.05, 0.1) is 17.7 Å². The van der Waals surface area contributed by atoms with Crippen LogP contribution in [-0.2, 0) is 4.74 Å². The molecule has 2 fully saturated rings. The van der Waals surface area contributed by atoms with E-state index in [1.807, 2.05) is 0 Å². The normalized spacial score (nSPS) is 29.4. The van der Waals surface area contributed by atoms with Gasteiger partial charge in [0.2, 0.25) is 0 Å². The van der Waals surface area contributed by atoms with E-state index in [4.69, 9.17) is 4.74 Å². The molecule has 3 N–H and O–H groups in total. The second kappa shape index (κ2) is 7.99. The minimum Gasteiger partial charge on any atom is -0.388 e. The lowest BCUT2D eigenvalue weighted by molar-refractivity contribution is 0.0259. The number of carbonyl (C=O) groups excluding carboxylic acids is 1. The van der Waals surface area contributed by atoms with Crippen LogP contribution in [0.4, 0.5) is 4.79 Å². The highest BCUT2D eigenvalue weighted by molar-refractivity contribution is 5.74. The molecule has 5 nitrogen and oxygen atoms in total. The number of aliphatic hydroxyl groups is 1. The van der Waals surface area contributed by atoms with Crippen molar-refractivity contribution in [1.82, 2.24) is 10.6 Å². The summed E-state index contributed by atoms with van der Waals surface area (Å²) in [6.07, 6.45) is 10.4. The van der Waals surface area contributed by atoms with Gasteiger partial charge in [0.25, 0.3) is 0 Å². The van der Waals surface area contributed by atoms with Crippen molar-refractivity contribution >= 4 is 6.03 Å². The Balaban J connectivity index is 1.75. The van der Waals surface area contributed by atoms with Gasteiger partial charge in [-0.3, -0.25) is 0 Å². The van der Waals surface area contributed by atoms with Crippen LogP contribution in [0.1, 0.15) is 64.2 Å². The third kappa shape index (κ3) is 5.15. The molecule has 0 aromatic heterocycles. The van der Waals surface area contributed by atoms with E-state index < -0.39 is 5.60 Å². The molecular weight excluding hydrogens is 268 g/mol. The van der Waals surface area contributed by atoms with Crippen LogP contribution >= 0.6 is 0 Å². The number of amides is 2. The molecule has 0 spiro atoms. The highest BCUT2D eigenvalue weighted by Crippen LogP contribution is 2.26. The first-order valence-corrected chi connectivity index (χ1v) is 8.42. The molecule has 0 saturated heterocycles. The summed E-state index contributed by atoms with van der Waals surface area (Å²) in [4.78, 5) is 12.1. The number of nitrogens with one attached hydrogen (secondary N) is 2. The van der Waals surface area contributed by atoms with Gasteiger partial charge in [0.15, 0.2) is 0 Å². The average molecular weight is 298 g/mol. The molecule has 0 radical (unpaired) electrons. The van der Waals surface area contributed by atoms with Gasteiger partial charge in [0.1, 0.15) is 0 Å². The Morgan fingerprint density at radius 1 is 1.14 bits per heavy atom. The maximum atomic E-state index is 12.1.